The number of carbonyl (C=O) groups excluding carboxylic acids is 1. The topological polar surface area (TPSA) is 89.6 Å². The van der Waals surface area contributed by atoms with Crippen molar-refractivity contribution in [1.82, 2.24) is 4.98 Å². The third-order valence-electron chi connectivity index (χ3n) is 3.88. The van der Waals surface area contributed by atoms with Gasteiger partial charge in [0.2, 0.25) is 0 Å². The number of ether oxygens (including phenoxy) is 1. The van der Waals surface area contributed by atoms with Crippen LogP contribution < -0.4 is 5.63 Å². The summed E-state index contributed by atoms with van der Waals surface area (Å²) in [6.07, 6.45) is 1.55. The molecule has 1 N–H and O–H groups in total. The largest absolute Gasteiger partial charge is 0.512 e. The standard InChI is InChI=1S/C20H16BrNO5/c1-3-26-20(25)16(11(2)23)17-13-8-7-12(21)10-14(13)19(24)27-18(17)15-6-4-5-9-22-15/h4-10,23H,3H2,1-2H3/b16-11+. The second-order valence-corrected chi connectivity index (χ2v) is 6.60. The van der Waals surface area contributed by atoms with Crippen molar-refractivity contribution >= 4 is 38.2 Å². The Kier molecular flexibility index (Phi) is 5.41. The number of aromatic nitrogens is 1. The number of esters is 1. The predicted octanol–water partition coefficient (Wildman–Crippen LogP) is 4.47. The van der Waals surface area contributed by atoms with Crippen LogP contribution in [0.5, 0.6) is 0 Å². The molecule has 0 bridgehead atoms. The number of rotatable bonds is 4. The number of allylic oxidation sites excluding steroid dienone is 1. The van der Waals surface area contributed by atoms with Gasteiger partial charge in [0.1, 0.15) is 17.0 Å². The van der Waals surface area contributed by atoms with E-state index in [2.05, 4.69) is 20.9 Å². The second kappa shape index (κ2) is 7.75. The Hall–Kier alpha value is -2.93. The minimum Gasteiger partial charge on any atom is -0.512 e. The first-order valence-electron chi connectivity index (χ1n) is 8.19. The van der Waals surface area contributed by atoms with Crippen LogP contribution in [-0.4, -0.2) is 22.7 Å². The van der Waals surface area contributed by atoms with Gasteiger partial charge in [0.05, 0.1) is 12.0 Å². The van der Waals surface area contributed by atoms with E-state index in [0.29, 0.717) is 15.6 Å². The van der Waals surface area contributed by atoms with Crippen LogP contribution in [0.3, 0.4) is 0 Å². The van der Waals surface area contributed by atoms with Crippen LogP contribution >= 0.6 is 15.9 Å². The Morgan fingerprint density at radius 2 is 2.04 bits per heavy atom. The highest BCUT2D eigenvalue weighted by Crippen LogP contribution is 2.35. The van der Waals surface area contributed by atoms with Crippen molar-refractivity contribution in [3.05, 3.63) is 68.8 Å². The number of halogens is 1. The highest BCUT2D eigenvalue weighted by Gasteiger charge is 2.27. The molecule has 27 heavy (non-hydrogen) atoms. The van der Waals surface area contributed by atoms with Gasteiger partial charge in [0, 0.05) is 21.6 Å². The Morgan fingerprint density at radius 1 is 1.26 bits per heavy atom. The van der Waals surface area contributed by atoms with E-state index in [1.54, 1.807) is 49.5 Å². The molecule has 0 aliphatic rings. The first kappa shape index (κ1) is 18.8. The van der Waals surface area contributed by atoms with Crippen LogP contribution in [0.1, 0.15) is 19.4 Å². The number of nitrogens with zero attached hydrogens (tertiary/aromatic N) is 1. The fourth-order valence-corrected chi connectivity index (χ4v) is 3.15. The average molecular weight is 430 g/mol. The molecule has 2 heterocycles. The van der Waals surface area contributed by atoms with Gasteiger partial charge in [-0.3, -0.25) is 4.98 Å². The highest BCUT2D eigenvalue weighted by molar-refractivity contribution is 9.10. The van der Waals surface area contributed by atoms with Gasteiger partial charge >= 0.3 is 11.6 Å². The Balaban J connectivity index is 2.47. The third-order valence-corrected chi connectivity index (χ3v) is 4.37. The van der Waals surface area contributed by atoms with E-state index in [4.69, 9.17) is 9.15 Å². The van der Waals surface area contributed by atoms with Crippen molar-refractivity contribution in [2.45, 2.75) is 13.8 Å². The summed E-state index contributed by atoms with van der Waals surface area (Å²) in [5.41, 5.74) is -0.0326. The lowest BCUT2D eigenvalue weighted by atomic mass is 9.96. The molecule has 2 aromatic heterocycles. The van der Waals surface area contributed by atoms with Crippen LogP contribution in [0.25, 0.3) is 27.8 Å². The molecule has 1 aromatic carbocycles. The first-order valence-corrected chi connectivity index (χ1v) is 8.98. The first-order chi connectivity index (χ1) is 12.9. The molecule has 0 fully saturated rings. The maximum atomic E-state index is 12.6. The van der Waals surface area contributed by atoms with Crippen LogP contribution in [-0.2, 0) is 9.53 Å². The zero-order chi connectivity index (χ0) is 19.6. The van der Waals surface area contributed by atoms with Crippen molar-refractivity contribution in [1.29, 1.82) is 0 Å². The molecule has 0 saturated carbocycles. The van der Waals surface area contributed by atoms with Gasteiger partial charge < -0.3 is 14.3 Å². The molecule has 0 saturated heterocycles. The number of fused-ring (bicyclic) bond motifs is 1. The minimum atomic E-state index is -0.715. The van der Waals surface area contributed by atoms with E-state index in [9.17, 15) is 14.7 Å². The molecule has 0 aliphatic carbocycles. The molecule has 0 radical (unpaired) electrons. The summed E-state index contributed by atoms with van der Waals surface area (Å²) in [5, 5.41) is 11.0. The van der Waals surface area contributed by atoms with E-state index in [0.717, 1.165) is 0 Å². The van der Waals surface area contributed by atoms with E-state index >= 15 is 0 Å². The number of aliphatic hydroxyl groups is 1. The summed E-state index contributed by atoms with van der Waals surface area (Å²) in [4.78, 5) is 29.4. The van der Waals surface area contributed by atoms with E-state index in [-0.39, 0.29) is 34.6 Å². The molecule has 0 amide bonds. The van der Waals surface area contributed by atoms with Gasteiger partial charge in [-0.25, -0.2) is 9.59 Å². The molecule has 138 valence electrons. The molecular formula is C20H16BrNO5. The van der Waals surface area contributed by atoms with E-state index < -0.39 is 11.6 Å². The quantitative estimate of drug-likeness (QED) is 0.373. The molecule has 0 unspecified atom stereocenters. The maximum Gasteiger partial charge on any atom is 0.344 e. The number of hydrogen-bond acceptors (Lipinski definition) is 6. The summed E-state index contributed by atoms with van der Waals surface area (Å²) in [6.45, 7) is 3.18. The van der Waals surface area contributed by atoms with Crippen LogP contribution in [0, 0.1) is 0 Å². The number of carbonyl (C=O) groups is 1. The zero-order valence-electron chi connectivity index (χ0n) is 14.7. The fraction of sp³-hybridized carbons (Fsp3) is 0.150. The van der Waals surface area contributed by atoms with Crippen molar-refractivity contribution < 1.29 is 19.1 Å². The number of benzene rings is 1. The smallest absolute Gasteiger partial charge is 0.344 e. The lowest BCUT2D eigenvalue weighted by Gasteiger charge is -2.14. The Morgan fingerprint density at radius 3 is 2.67 bits per heavy atom. The normalized spacial score (nSPS) is 12.0. The Labute approximate surface area is 163 Å². The van der Waals surface area contributed by atoms with Crippen LogP contribution in [0.4, 0.5) is 0 Å². The molecule has 7 heteroatoms. The number of pyridine rings is 1. The van der Waals surface area contributed by atoms with Crippen molar-refractivity contribution in [3.63, 3.8) is 0 Å². The summed E-state index contributed by atoms with van der Waals surface area (Å²) < 4.78 is 11.3. The van der Waals surface area contributed by atoms with Crippen molar-refractivity contribution in [3.8, 4) is 11.5 Å². The average Bonchev–Trinajstić information content (AvgIpc) is 2.64. The number of hydrogen-bond donors (Lipinski definition) is 1. The van der Waals surface area contributed by atoms with Gasteiger partial charge in [0.25, 0.3) is 0 Å². The van der Waals surface area contributed by atoms with Gasteiger partial charge in [-0.15, -0.1) is 0 Å². The summed E-state index contributed by atoms with van der Waals surface area (Å²) in [7, 11) is 0. The molecule has 3 aromatic rings. The fourth-order valence-electron chi connectivity index (χ4n) is 2.78. The molecule has 6 nitrogen and oxygen atoms in total. The predicted molar refractivity (Wildman–Crippen MR) is 105 cm³/mol. The third kappa shape index (κ3) is 3.64. The van der Waals surface area contributed by atoms with E-state index in [1.165, 1.54) is 6.92 Å². The zero-order valence-corrected chi connectivity index (χ0v) is 16.2. The van der Waals surface area contributed by atoms with Crippen molar-refractivity contribution in [2.24, 2.45) is 0 Å². The summed E-state index contributed by atoms with van der Waals surface area (Å²) in [6, 6.07) is 10.1. The molecule has 0 aliphatic heterocycles. The molecule has 0 atom stereocenters. The highest BCUT2D eigenvalue weighted by atomic mass is 79.9. The summed E-state index contributed by atoms with van der Waals surface area (Å²) >= 11 is 3.33. The molecule has 3 rings (SSSR count). The monoisotopic (exact) mass is 429 g/mol. The van der Waals surface area contributed by atoms with Crippen LogP contribution in [0.2, 0.25) is 0 Å². The molecule has 0 spiro atoms. The maximum absolute atomic E-state index is 12.6. The van der Waals surface area contributed by atoms with Crippen LogP contribution in [0.15, 0.2) is 62.0 Å². The van der Waals surface area contributed by atoms with Gasteiger partial charge in [-0.05, 0) is 38.1 Å². The van der Waals surface area contributed by atoms with Crippen molar-refractivity contribution in [2.75, 3.05) is 6.61 Å². The molecular weight excluding hydrogens is 414 g/mol. The lowest BCUT2D eigenvalue weighted by molar-refractivity contribution is -0.136. The number of aliphatic hydroxyl groups excluding tert-OH is 1. The van der Waals surface area contributed by atoms with E-state index in [1.807, 2.05) is 0 Å². The second-order valence-electron chi connectivity index (χ2n) is 5.68. The minimum absolute atomic E-state index is 0.0754. The lowest BCUT2D eigenvalue weighted by Crippen LogP contribution is -2.13. The Bertz CT molecular complexity index is 1100. The SMILES string of the molecule is CCOC(=O)/C(=C(\C)O)c1c(-c2ccccn2)oc(=O)c2cc(Br)ccc12. The van der Waals surface area contributed by atoms with Gasteiger partial charge in [-0.2, -0.15) is 0 Å². The van der Waals surface area contributed by atoms with Gasteiger partial charge in [0.15, 0.2) is 5.76 Å². The van der Waals surface area contributed by atoms with Gasteiger partial charge in [-0.1, -0.05) is 28.1 Å². The summed E-state index contributed by atoms with van der Waals surface area (Å²) in [5.74, 6) is -0.872.